The second-order valence-corrected chi connectivity index (χ2v) is 5.74. The van der Waals surface area contributed by atoms with Crippen molar-refractivity contribution in [2.45, 2.75) is 25.4 Å². The average Bonchev–Trinajstić information content (AvgIpc) is 3.03. The second-order valence-electron chi connectivity index (χ2n) is 5.74. The van der Waals surface area contributed by atoms with Gasteiger partial charge in [0.2, 0.25) is 17.7 Å². The van der Waals surface area contributed by atoms with Gasteiger partial charge in [-0.15, -0.1) is 0 Å². The smallest absolute Gasteiger partial charge is 0.229 e. The molecule has 23 heavy (non-hydrogen) atoms. The van der Waals surface area contributed by atoms with Gasteiger partial charge < -0.3 is 9.64 Å². The first-order chi connectivity index (χ1) is 11.1. The fourth-order valence-corrected chi connectivity index (χ4v) is 2.81. The summed E-state index contributed by atoms with van der Waals surface area (Å²) >= 11 is 0. The molecule has 0 aliphatic carbocycles. The predicted octanol–water partition coefficient (Wildman–Crippen LogP) is 3.00. The first kappa shape index (κ1) is 15.5. The Labute approximate surface area is 134 Å². The topological polar surface area (TPSA) is 42.4 Å². The molecule has 1 fully saturated rings. The number of aromatic nitrogens is 1. The first-order valence-corrected chi connectivity index (χ1v) is 7.76. The molecule has 2 heterocycles. The van der Waals surface area contributed by atoms with Gasteiger partial charge in [-0.25, -0.2) is 0 Å². The summed E-state index contributed by atoms with van der Waals surface area (Å²) in [6, 6.07) is 14.2. The highest BCUT2D eigenvalue weighted by atomic mass is 19.1. The normalized spacial score (nSPS) is 18.7. The number of hydrogen-bond acceptors (Lipinski definition) is 3. The summed E-state index contributed by atoms with van der Waals surface area (Å²) in [6.45, 7) is 3.07. The lowest BCUT2D eigenvalue weighted by Gasteiger charge is -2.21. The number of likely N-dealkylation sites (tertiary alicyclic amines) is 1. The van der Waals surface area contributed by atoms with Crippen LogP contribution in [0.5, 0.6) is 5.88 Å². The zero-order valence-electron chi connectivity index (χ0n) is 13.0. The number of amides is 1. The number of ether oxygens (including phenoxy) is 1. The van der Waals surface area contributed by atoms with Crippen LogP contribution in [0.25, 0.3) is 0 Å². The van der Waals surface area contributed by atoms with Crippen molar-refractivity contribution in [1.82, 2.24) is 9.88 Å². The van der Waals surface area contributed by atoms with E-state index in [1.807, 2.05) is 42.2 Å². The molecule has 3 rings (SSSR count). The van der Waals surface area contributed by atoms with E-state index in [9.17, 15) is 9.18 Å². The van der Waals surface area contributed by atoms with Crippen molar-refractivity contribution >= 4 is 5.91 Å². The molecule has 0 radical (unpaired) electrons. The number of halogens is 1. The van der Waals surface area contributed by atoms with Gasteiger partial charge in [0.1, 0.15) is 6.10 Å². The molecule has 0 bridgehead atoms. The average molecular weight is 314 g/mol. The van der Waals surface area contributed by atoms with Gasteiger partial charge in [0, 0.05) is 19.0 Å². The molecule has 0 spiro atoms. The molecule has 2 atom stereocenters. The predicted molar refractivity (Wildman–Crippen MR) is 84.7 cm³/mol. The van der Waals surface area contributed by atoms with Crippen molar-refractivity contribution in [2.75, 3.05) is 13.1 Å². The maximum absolute atomic E-state index is 13.1. The fraction of sp³-hybridized carbons (Fsp3) is 0.333. The Balaban J connectivity index is 1.60. The summed E-state index contributed by atoms with van der Waals surface area (Å²) in [5, 5.41) is 0. The third-order valence-corrected chi connectivity index (χ3v) is 4.10. The van der Waals surface area contributed by atoms with E-state index in [1.54, 1.807) is 12.1 Å². The molecule has 1 saturated heterocycles. The van der Waals surface area contributed by atoms with Gasteiger partial charge in [-0.2, -0.15) is 9.37 Å². The van der Waals surface area contributed by atoms with Crippen molar-refractivity contribution in [3.05, 3.63) is 60.0 Å². The molecule has 1 aliphatic heterocycles. The van der Waals surface area contributed by atoms with Crippen LogP contribution in [0.15, 0.2) is 48.5 Å². The lowest BCUT2D eigenvalue weighted by atomic mass is 10.00. The number of carbonyl (C=O) groups is 1. The molecule has 0 N–H and O–H groups in total. The molecular weight excluding hydrogens is 295 g/mol. The molecule has 1 aromatic heterocycles. The Bertz CT molecular complexity index is 678. The zero-order chi connectivity index (χ0) is 16.2. The Kier molecular flexibility index (Phi) is 4.55. The standard InChI is InChI=1S/C18H19FN2O2/c1-13(14-6-3-2-4-7-14)18(22)21-11-10-15(12-21)23-17-9-5-8-16(19)20-17/h2-9,13,15H,10-12H2,1H3. The van der Waals surface area contributed by atoms with Crippen molar-refractivity contribution in [1.29, 1.82) is 0 Å². The molecule has 2 aromatic rings. The Morgan fingerprint density at radius 1 is 1.26 bits per heavy atom. The number of carbonyl (C=O) groups excluding carboxylic acids is 1. The minimum atomic E-state index is -0.564. The number of rotatable bonds is 4. The van der Waals surface area contributed by atoms with E-state index < -0.39 is 5.95 Å². The van der Waals surface area contributed by atoms with Crippen LogP contribution in [0.4, 0.5) is 4.39 Å². The first-order valence-electron chi connectivity index (χ1n) is 7.76. The Hall–Kier alpha value is -2.43. The van der Waals surface area contributed by atoms with E-state index in [2.05, 4.69) is 4.98 Å². The van der Waals surface area contributed by atoms with Gasteiger partial charge in [-0.05, 0) is 18.6 Å². The van der Waals surface area contributed by atoms with Gasteiger partial charge in [0.05, 0.1) is 12.5 Å². The van der Waals surface area contributed by atoms with E-state index >= 15 is 0 Å². The monoisotopic (exact) mass is 314 g/mol. The summed E-state index contributed by atoms with van der Waals surface area (Å²) in [5.74, 6) is -0.386. The third-order valence-electron chi connectivity index (χ3n) is 4.10. The van der Waals surface area contributed by atoms with Gasteiger partial charge in [-0.3, -0.25) is 4.79 Å². The minimum Gasteiger partial charge on any atom is -0.472 e. The minimum absolute atomic E-state index is 0.0921. The summed E-state index contributed by atoms with van der Waals surface area (Å²) in [6.07, 6.45) is 0.585. The van der Waals surface area contributed by atoms with E-state index in [0.29, 0.717) is 13.1 Å². The van der Waals surface area contributed by atoms with Crippen LogP contribution in [0.2, 0.25) is 0 Å². The van der Waals surface area contributed by atoms with Crippen LogP contribution in [0, 0.1) is 5.95 Å². The summed E-state index contributed by atoms with van der Waals surface area (Å²) in [7, 11) is 0. The molecule has 120 valence electrons. The van der Waals surface area contributed by atoms with Crippen LogP contribution in [-0.4, -0.2) is 35.0 Å². The largest absolute Gasteiger partial charge is 0.472 e. The Morgan fingerprint density at radius 3 is 2.78 bits per heavy atom. The van der Waals surface area contributed by atoms with Crippen molar-refractivity contribution in [3.63, 3.8) is 0 Å². The Morgan fingerprint density at radius 2 is 2.04 bits per heavy atom. The molecule has 1 amide bonds. The maximum Gasteiger partial charge on any atom is 0.229 e. The van der Waals surface area contributed by atoms with Crippen LogP contribution in [0.1, 0.15) is 24.8 Å². The summed E-state index contributed by atoms with van der Waals surface area (Å²) in [5.41, 5.74) is 1.01. The molecule has 1 aliphatic rings. The molecule has 0 saturated carbocycles. The quantitative estimate of drug-likeness (QED) is 0.815. The van der Waals surface area contributed by atoms with E-state index in [-0.39, 0.29) is 23.8 Å². The van der Waals surface area contributed by atoms with Crippen molar-refractivity contribution in [3.8, 4) is 5.88 Å². The van der Waals surface area contributed by atoms with Gasteiger partial charge in [0.25, 0.3) is 0 Å². The number of benzene rings is 1. The van der Waals surface area contributed by atoms with E-state index in [1.165, 1.54) is 6.07 Å². The number of nitrogens with zero attached hydrogens (tertiary/aromatic N) is 2. The molecule has 4 nitrogen and oxygen atoms in total. The van der Waals surface area contributed by atoms with Crippen LogP contribution >= 0.6 is 0 Å². The highest BCUT2D eigenvalue weighted by Crippen LogP contribution is 2.22. The highest BCUT2D eigenvalue weighted by Gasteiger charge is 2.30. The third kappa shape index (κ3) is 3.67. The summed E-state index contributed by atoms with van der Waals surface area (Å²) in [4.78, 5) is 18.1. The molecular formula is C18H19FN2O2. The van der Waals surface area contributed by atoms with Crippen molar-refractivity contribution < 1.29 is 13.9 Å². The number of hydrogen-bond donors (Lipinski definition) is 0. The van der Waals surface area contributed by atoms with E-state index in [4.69, 9.17) is 4.74 Å². The van der Waals surface area contributed by atoms with Crippen LogP contribution < -0.4 is 4.74 Å². The van der Waals surface area contributed by atoms with Gasteiger partial charge in [0.15, 0.2) is 0 Å². The maximum atomic E-state index is 13.1. The zero-order valence-corrected chi connectivity index (χ0v) is 13.0. The molecule has 2 unspecified atom stereocenters. The highest BCUT2D eigenvalue weighted by molar-refractivity contribution is 5.83. The molecule has 5 heteroatoms. The number of pyridine rings is 1. The van der Waals surface area contributed by atoms with E-state index in [0.717, 1.165) is 12.0 Å². The van der Waals surface area contributed by atoms with Crippen molar-refractivity contribution in [2.24, 2.45) is 0 Å². The lowest BCUT2D eigenvalue weighted by molar-refractivity contribution is -0.131. The molecule has 1 aromatic carbocycles. The van der Waals surface area contributed by atoms with Gasteiger partial charge >= 0.3 is 0 Å². The fourth-order valence-electron chi connectivity index (χ4n) is 2.81. The lowest BCUT2D eigenvalue weighted by Crippen LogP contribution is -2.34. The van der Waals surface area contributed by atoms with Crippen LogP contribution in [-0.2, 0) is 4.79 Å². The second kappa shape index (κ2) is 6.77. The van der Waals surface area contributed by atoms with Crippen LogP contribution in [0.3, 0.4) is 0 Å². The van der Waals surface area contributed by atoms with Gasteiger partial charge in [-0.1, -0.05) is 36.4 Å². The SMILES string of the molecule is CC(C(=O)N1CCC(Oc2cccc(F)n2)C1)c1ccccc1. The summed E-state index contributed by atoms with van der Waals surface area (Å²) < 4.78 is 18.8.